The largest absolute Gasteiger partial charge is 0.393 e. The smallest absolute Gasteiger partial charge is 0.229 e. The highest BCUT2D eigenvalue weighted by atomic mass is 35.5. The molecule has 1 amide bonds. The van der Waals surface area contributed by atoms with Gasteiger partial charge in [-0.05, 0) is 80.8 Å². The first-order chi connectivity index (χ1) is 16.2. The molecule has 3 nitrogen and oxygen atoms in total. The van der Waals surface area contributed by atoms with Crippen molar-refractivity contribution in [2.45, 2.75) is 83.4 Å². The third-order valence-corrected chi connectivity index (χ3v) is 7.70. The molecule has 0 aliphatic carbocycles. The number of aliphatic hydroxyl groups is 1. The van der Waals surface area contributed by atoms with E-state index in [2.05, 4.69) is 31.4 Å². The summed E-state index contributed by atoms with van der Waals surface area (Å²) in [6, 6.07) is 15.9. The van der Waals surface area contributed by atoms with Crippen LogP contribution in [-0.2, 0) is 4.79 Å². The predicted octanol–water partition coefficient (Wildman–Crippen LogP) is 7.96. The maximum atomic E-state index is 14.2. The van der Waals surface area contributed by atoms with Crippen molar-refractivity contribution in [2.24, 2.45) is 5.41 Å². The Bertz CT molecular complexity index is 974. The van der Waals surface area contributed by atoms with Crippen LogP contribution in [0.2, 0.25) is 10.0 Å². The summed E-state index contributed by atoms with van der Waals surface area (Å²) in [4.78, 5) is 16.3. The fourth-order valence-corrected chi connectivity index (χ4v) is 5.80. The number of piperidine rings is 1. The lowest BCUT2D eigenvalue weighted by atomic mass is 9.67. The van der Waals surface area contributed by atoms with Gasteiger partial charge in [-0.2, -0.15) is 0 Å². The van der Waals surface area contributed by atoms with Crippen molar-refractivity contribution < 1.29 is 9.90 Å². The first kappa shape index (κ1) is 26.8. The monoisotopic (exact) mass is 501 g/mol. The number of hydrogen-bond acceptors (Lipinski definition) is 2. The fraction of sp³-hybridized carbons (Fsp3) is 0.483. The lowest BCUT2D eigenvalue weighted by Crippen LogP contribution is -2.55. The van der Waals surface area contributed by atoms with E-state index in [-0.39, 0.29) is 30.0 Å². The summed E-state index contributed by atoms with van der Waals surface area (Å²) in [5.41, 5.74) is 1.67. The number of aliphatic hydroxyl groups excluding tert-OH is 1. The molecule has 1 N–H and O–H groups in total. The lowest BCUT2D eigenvalue weighted by Gasteiger charge is -2.52. The van der Waals surface area contributed by atoms with Crippen LogP contribution in [0, 0.1) is 5.41 Å². The van der Waals surface area contributed by atoms with Gasteiger partial charge in [0.2, 0.25) is 5.91 Å². The third-order valence-electron chi connectivity index (χ3n) is 7.21. The van der Waals surface area contributed by atoms with E-state index in [9.17, 15) is 9.90 Å². The highest BCUT2D eigenvalue weighted by Gasteiger charge is 2.50. The zero-order valence-electron chi connectivity index (χ0n) is 20.5. The number of halogens is 2. The molecule has 0 bridgehead atoms. The van der Waals surface area contributed by atoms with Gasteiger partial charge in [0, 0.05) is 22.0 Å². The van der Waals surface area contributed by atoms with E-state index < -0.39 is 5.41 Å². The standard InChI is InChI=1S/C29H37Cl2NO2/c1-5-17-29(4)19-26(22-10-8-11-24(31)18-22)27(21-13-15-23(30)16-14-21)32(28(29)34)25(6-2)12-7-9-20(3)33/h5,8,10-11,13-16,18,20,25-27,33H,1,6-7,9,12,17,19H2,2-4H3/t20-,25?,26+,27+,29-/m0/s1. The van der Waals surface area contributed by atoms with Crippen molar-refractivity contribution in [3.05, 3.63) is 82.4 Å². The topological polar surface area (TPSA) is 40.5 Å². The first-order valence-corrected chi connectivity index (χ1v) is 13.1. The van der Waals surface area contributed by atoms with E-state index in [0.29, 0.717) is 22.9 Å². The minimum absolute atomic E-state index is 0.0676. The van der Waals surface area contributed by atoms with Crippen LogP contribution in [0.15, 0.2) is 61.2 Å². The summed E-state index contributed by atoms with van der Waals surface area (Å²) in [5.74, 6) is 0.253. The Labute approximate surface area is 214 Å². The van der Waals surface area contributed by atoms with Crippen LogP contribution < -0.4 is 0 Å². The van der Waals surface area contributed by atoms with E-state index in [1.54, 1.807) is 0 Å². The minimum Gasteiger partial charge on any atom is -0.393 e. The van der Waals surface area contributed by atoms with Crippen LogP contribution in [0.25, 0.3) is 0 Å². The van der Waals surface area contributed by atoms with Gasteiger partial charge in [-0.25, -0.2) is 0 Å². The minimum atomic E-state index is -0.546. The lowest BCUT2D eigenvalue weighted by molar-refractivity contribution is -0.154. The van der Waals surface area contributed by atoms with Crippen molar-refractivity contribution in [3.63, 3.8) is 0 Å². The highest BCUT2D eigenvalue weighted by Crippen LogP contribution is 2.52. The summed E-state index contributed by atoms with van der Waals surface area (Å²) < 4.78 is 0. The quantitative estimate of drug-likeness (QED) is 0.335. The van der Waals surface area contributed by atoms with Crippen LogP contribution in [0.3, 0.4) is 0 Å². The van der Waals surface area contributed by atoms with Crippen molar-refractivity contribution in [1.29, 1.82) is 0 Å². The number of benzene rings is 2. The second-order valence-electron chi connectivity index (χ2n) is 9.97. The first-order valence-electron chi connectivity index (χ1n) is 12.3. The zero-order chi connectivity index (χ0) is 24.9. The molecule has 2 aromatic rings. The van der Waals surface area contributed by atoms with E-state index in [4.69, 9.17) is 23.2 Å². The molecule has 1 saturated heterocycles. The average Bonchev–Trinajstić information content (AvgIpc) is 2.79. The number of likely N-dealkylation sites (tertiary alicyclic amines) is 1. The summed E-state index contributed by atoms with van der Waals surface area (Å²) in [5, 5.41) is 11.2. The van der Waals surface area contributed by atoms with Gasteiger partial charge in [0.1, 0.15) is 0 Å². The molecule has 0 aromatic heterocycles. The molecule has 0 saturated carbocycles. The van der Waals surface area contributed by atoms with Crippen molar-refractivity contribution in [2.75, 3.05) is 0 Å². The fourth-order valence-electron chi connectivity index (χ4n) is 5.48. The van der Waals surface area contributed by atoms with Gasteiger partial charge >= 0.3 is 0 Å². The van der Waals surface area contributed by atoms with Crippen molar-refractivity contribution in [3.8, 4) is 0 Å². The number of rotatable bonds is 10. The summed E-state index contributed by atoms with van der Waals surface area (Å²) in [6.45, 7) is 9.99. The van der Waals surface area contributed by atoms with Crippen molar-refractivity contribution >= 4 is 29.1 Å². The Kier molecular flexibility index (Phi) is 9.26. The molecule has 5 heteroatoms. The van der Waals surface area contributed by atoms with Gasteiger partial charge in [-0.1, -0.05) is 67.4 Å². The molecule has 3 rings (SSSR count). The number of carbonyl (C=O) groups is 1. The van der Waals surface area contributed by atoms with Gasteiger partial charge in [-0.15, -0.1) is 6.58 Å². The number of amides is 1. The van der Waals surface area contributed by atoms with Gasteiger partial charge in [0.15, 0.2) is 0 Å². The van der Waals surface area contributed by atoms with Crippen LogP contribution in [-0.4, -0.2) is 28.1 Å². The molecular formula is C29H37Cl2NO2. The molecule has 1 heterocycles. The predicted molar refractivity (Wildman–Crippen MR) is 142 cm³/mol. The van der Waals surface area contributed by atoms with Crippen LogP contribution in [0.4, 0.5) is 0 Å². The molecule has 1 fully saturated rings. The normalized spacial score (nSPS) is 24.6. The van der Waals surface area contributed by atoms with E-state index >= 15 is 0 Å². The van der Waals surface area contributed by atoms with Crippen molar-refractivity contribution in [1.82, 2.24) is 4.90 Å². The SMILES string of the molecule is C=CC[C@@]1(C)C[C@H](c2cccc(Cl)c2)[C@@H](c2ccc(Cl)cc2)N(C(CC)CCC[C@H](C)O)C1=O. The number of carbonyl (C=O) groups excluding carboxylic acids is 1. The second-order valence-corrected chi connectivity index (χ2v) is 10.8. The van der Waals surface area contributed by atoms with Crippen LogP contribution >= 0.6 is 23.2 Å². The van der Waals surface area contributed by atoms with E-state index in [1.165, 1.54) is 0 Å². The summed E-state index contributed by atoms with van der Waals surface area (Å²) in [6.07, 6.45) is 6.16. The Morgan fingerprint density at radius 3 is 2.44 bits per heavy atom. The number of allylic oxidation sites excluding steroid dienone is 1. The molecule has 1 aliphatic heterocycles. The molecule has 184 valence electrons. The average molecular weight is 503 g/mol. The Hall–Kier alpha value is -1.81. The van der Waals surface area contributed by atoms with Gasteiger partial charge < -0.3 is 10.0 Å². The number of hydrogen-bond donors (Lipinski definition) is 1. The van der Waals surface area contributed by atoms with Crippen LogP contribution in [0.5, 0.6) is 0 Å². The van der Waals surface area contributed by atoms with Crippen LogP contribution in [0.1, 0.15) is 82.4 Å². The molecule has 1 aliphatic rings. The van der Waals surface area contributed by atoms with E-state index in [0.717, 1.165) is 36.8 Å². The van der Waals surface area contributed by atoms with Gasteiger partial charge in [0.05, 0.1) is 17.6 Å². The zero-order valence-corrected chi connectivity index (χ0v) is 22.0. The highest BCUT2D eigenvalue weighted by molar-refractivity contribution is 6.30. The molecule has 2 aromatic carbocycles. The third kappa shape index (κ3) is 6.05. The maximum absolute atomic E-state index is 14.2. The summed E-state index contributed by atoms with van der Waals surface area (Å²) in [7, 11) is 0. The maximum Gasteiger partial charge on any atom is 0.229 e. The van der Waals surface area contributed by atoms with Gasteiger partial charge in [-0.3, -0.25) is 4.79 Å². The Morgan fingerprint density at radius 1 is 1.15 bits per heavy atom. The molecule has 0 spiro atoms. The molecule has 34 heavy (non-hydrogen) atoms. The molecular weight excluding hydrogens is 465 g/mol. The van der Waals surface area contributed by atoms with Gasteiger partial charge in [0.25, 0.3) is 0 Å². The Morgan fingerprint density at radius 2 is 1.85 bits per heavy atom. The molecule has 0 radical (unpaired) electrons. The van der Waals surface area contributed by atoms with E-state index in [1.807, 2.05) is 55.5 Å². The summed E-state index contributed by atoms with van der Waals surface area (Å²) >= 11 is 12.7. The molecule has 1 unspecified atom stereocenters. The Balaban J connectivity index is 2.15. The molecule has 5 atom stereocenters. The second kappa shape index (κ2) is 11.7. The number of nitrogens with zero attached hydrogens (tertiary/aromatic N) is 1.